The molecule has 0 saturated carbocycles. The fraction of sp³-hybridized carbons (Fsp3) is 0.917. The summed E-state index contributed by atoms with van der Waals surface area (Å²) >= 11 is 0. The van der Waals surface area contributed by atoms with Crippen molar-refractivity contribution in [3.05, 3.63) is 0 Å². The number of hydrogen-bond donors (Lipinski definition) is 1. The molecule has 4 heteroatoms. The van der Waals surface area contributed by atoms with Gasteiger partial charge in [-0.2, -0.15) is 0 Å². The molecule has 0 bridgehead atoms. The van der Waals surface area contributed by atoms with Crippen molar-refractivity contribution in [2.75, 3.05) is 26.2 Å². The van der Waals surface area contributed by atoms with E-state index < -0.39 is 5.97 Å². The van der Waals surface area contributed by atoms with Gasteiger partial charge in [0.15, 0.2) is 0 Å². The fourth-order valence-corrected chi connectivity index (χ4v) is 1.79. The third-order valence-electron chi connectivity index (χ3n) is 3.02. The van der Waals surface area contributed by atoms with Crippen molar-refractivity contribution >= 4 is 5.97 Å². The molecule has 0 aromatic heterocycles. The van der Waals surface area contributed by atoms with Gasteiger partial charge in [0.1, 0.15) is 0 Å². The molecule has 1 atom stereocenters. The predicted octanol–water partition coefficient (Wildman–Crippen LogP) is 1.45. The monoisotopic (exact) mass is 229 g/mol. The van der Waals surface area contributed by atoms with Crippen molar-refractivity contribution < 1.29 is 14.6 Å². The van der Waals surface area contributed by atoms with Crippen molar-refractivity contribution in [2.45, 2.75) is 33.3 Å². The third kappa shape index (κ3) is 4.10. The highest BCUT2D eigenvalue weighted by Crippen LogP contribution is 2.23. The molecule has 0 aromatic carbocycles. The molecule has 16 heavy (non-hydrogen) atoms. The van der Waals surface area contributed by atoms with Gasteiger partial charge in [-0.3, -0.25) is 4.79 Å². The number of likely N-dealkylation sites (tertiary alicyclic amines) is 1. The van der Waals surface area contributed by atoms with Gasteiger partial charge in [0.25, 0.3) is 0 Å². The molecule has 1 rings (SSSR count). The van der Waals surface area contributed by atoms with E-state index in [4.69, 9.17) is 9.84 Å². The number of nitrogens with zero attached hydrogens (tertiary/aromatic N) is 1. The Morgan fingerprint density at radius 3 is 2.50 bits per heavy atom. The van der Waals surface area contributed by atoms with Gasteiger partial charge in [-0.1, -0.05) is 6.92 Å². The van der Waals surface area contributed by atoms with Crippen molar-refractivity contribution in [3.8, 4) is 0 Å². The molecule has 1 unspecified atom stereocenters. The van der Waals surface area contributed by atoms with Gasteiger partial charge in [-0.05, 0) is 26.7 Å². The molecule has 1 aliphatic rings. The minimum absolute atomic E-state index is 0.0847. The van der Waals surface area contributed by atoms with Crippen LogP contribution in [0, 0.1) is 11.8 Å². The first kappa shape index (κ1) is 13.5. The highest BCUT2D eigenvalue weighted by molar-refractivity contribution is 5.70. The Morgan fingerprint density at radius 1 is 1.50 bits per heavy atom. The van der Waals surface area contributed by atoms with Gasteiger partial charge in [-0.25, -0.2) is 0 Å². The molecule has 0 radical (unpaired) electrons. The Kier molecular flexibility index (Phi) is 4.33. The zero-order chi connectivity index (χ0) is 12.3. The van der Waals surface area contributed by atoms with Crippen LogP contribution in [0.2, 0.25) is 0 Å². The van der Waals surface area contributed by atoms with E-state index >= 15 is 0 Å². The second-order valence-corrected chi connectivity index (χ2v) is 5.61. The highest BCUT2D eigenvalue weighted by Gasteiger charge is 2.34. The summed E-state index contributed by atoms with van der Waals surface area (Å²) < 4.78 is 5.62. The lowest BCUT2D eigenvalue weighted by atomic mass is 9.87. The SMILES string of the molecule is CC(C(=O)O)C1CN(CCOC(C)(C)C)C1. The van der Waals surface area contributed by atoms with E-state index in [1.165, 1.54) is 0 Å². The summed E-state index contributed by atoms with van der Waals surface area (Å²) in [5.74, 6) is -0.595. The van der Waals surface area contributed by atoms with Gasteiger partial charge in [0.05, 0.1) is 18.1 Å². The first-order valence-electron chi connectivity index (χ1n) is 5.89. The van der Waals surface area contributed by atoms with Crippen molar-refractivity contribution in [3.63, 3.8) is 0 Å². The van der Waals surface area contributed by atoms with E-state index in [0.29, 0.717) is 5.92 Å². The van der Waals surface area contributed by atoms with Crippen LogP contribution in [-0.2, 0) is 9.53 Å². The molecule has 94 valence electrons. The number of ether oxygens (including phenoxy) is 1. The average molecular weight is 229 g/mol. The van der Waals surface area contributed by atoms with Gasteiger partial charge in [-0.15, -0.1) is 0 Å². The maximum Gasteiger partial charge on any atom is 0.306 e. The Morgan fingerprint density at radius 2 is 2.06 bits per heavy atom. The van der Waals surface area contributed by atoms with Crippen LogP contribution < -0.4 is 0 Å². The lowest BCUT2D eigenvalue weighted by Gasteiger charge is -2.41. The van der Waals surface area contributed by atoms with E-state index in [1.54, 1.807) is 6.92 Å². The summed E-state index contributed by atoms with van der Waals surface area (Å²) in [7, 11) is 0. The molecule has 1 heterocycles. The third-order valence-corrected chi connectivity index (χ3v) is 3.02. The smallest absolute Gasteiger partial charge is 0.306 e. The van der Waals surface area contributed by atoms with Crippen LogP contribution in [0.5, 0.6) is 0 Å². The van der Waals surface area contributed by atoms with Gasteiger partial charge >= 0.3 is 5.97 Å². The Labute approximate surface area is 97.6 Å². The van der Waals surface area contributed by atoms with E-state index in [0.717, 1.165) is 26.2 Å². The summed E-state index contributed by atoms with van der Waals surface area (Å²) in [6.45, 7) is 11.3. The van der Waals surface area contributed by atoms with Crippen LogP contribution in [-0.4, -0.2) is 47.8 Å². The summed E-state index contributed by atoms with van der Waals surface area (Å²) in [5, 5.41) is 8.84. The largest absolute Gasteiger partial charge is 0.481 e. The molecule has 1 N–H and O–H groups in total. The first-order valence-corrected chi connectivity index (χ1v) is 5.89. The lowest BCUT2D eigenvalue weighted by molar-refractivity contribution is -0.145. The zero-order valence-electron chi connectivity index (χ0n) is 10.7. The van der Waals surface area contributed by atoms with E-state index in [9.17, 15) is 4.79 Å². The molecule has 0 aliphatic carbocycles. The van der Waals surface area contributed by atoms with Crippen LogP contribution in [0.15, 0.2) is 0 Å². The van der Waals surface area contributed by atoms with Crippen molar-refractivity contribution in [2.24, 2.45) is 11.8 Å². The molecule has 0 spiro atoms. The number of carbonyl (C=O) groups is 1. The quantitative estimate of drug-likeness (QED) is 0.775. The van der Waals surface area contributed by atoms with Gasteiger partial charge in [0.2, 0.25) is 0 Å². The first-order chi connectivity index (χ1) is 7.29. The normalized spacial score (nSPS) is 20.5. The predicted molar refractivity (Wildman–Crippen MR) is 62.4 cm³/mol. The molecular formula is C12H23NO3. The molecular weight excluding hydrogens is 206 g/mol. The molecule has 1 saturated heterocycles. The zero-order valence-corrected chi connectivity index (χ0v) is 10.7. The minimum atomic E-state index is -0.685. The van der Waals surface area contributed by atoms with E-state index in [1.807, 2.05) is 20.8 Å². The molecule has 1 fully saturated rings. The molecule has 4 nitrogen and oxygen atoms in total. The standard InChI is InChI=1S/C12H23NO3/c1-9(11(14)15)10-7-13(8-10)5-6-16-12(2,3)4/h9-10H,5-8H2,1-4H3,(H,14,15). The number of rotatable bonds is 5. The van der Waals surface area contributed by atoms with E-state index in [2.05, 4.69) is 4.90 Å². The number of carboxylic acids is 1. The Bertz CT molecular complexity index is 241. The van der Waals surface area contributed by atoms with Crippen LogP contribution in [0.4, 0.5) is 0 Å². The maximum absolute atomic E-state index is 10.7. The van der Waals surface area contributed by atoms with E-state index in [-0.39, 0.29) is 11.5 Å². The Balaban J connectivity index is 2.11. The number of aliphatic carboxylic acids is 1. The highest BCUT2D eigenvalue weighted by atomic mass is 16.5. The fourth-order valence-electron chi connectivity index (χ4n) is 1.79. The molecule has 0 aromatic rings. The minimum Gasteiger partial charge on any atom is -0.481 e. The average Bonchev–Trinajstić information content (AvgIpc) is 2.05. The van der Waals surface area contributed by atoms with Crippen LogP contribution in [0.25, 0.3) is 0 Å². The van der Waals surface area contributed by atoms with Crippen molar-refractivity contribution in [1.82, 2.24) is 4.90 Å². The van der Waals surface area contributed by atoms with Crippen LogP contribution >= 0.6 is 0 Å². The van der Waals surface area contributed by atoms with Crippen molar-refractivity contribution in [1.29, 1.82) is 0 Å². The molecule has 1 aliphatic heterocycles. The van der Waals surface area contributed by atoms with Crippen LogP contribution in [0.1, 0.15) is 27.7 Å². The topological polar surface area (TPSA) is 49.8 Å². The second kappa shape index (κ2) is 5.15. The second-order valence-electron chi connectivity index (χ2n) is 5.61. The maximum atomic E-state index is 10.7. The summed E-state index contributed by atoms with van der Waals surface area (Å²) in [6.07, 6.45) is 0. The molecule has 0 amide bonds. The number of hydrogen-bond acceptors (Lipinski definition) is 3. The summed E-state index contributed by atoms with van der Waals surface area (Å²) in [5.41, 5.74) is -0.0847. The lowest BCUT2D eigenvalue weighted by Crippen LogP contribution is -2.52. The summed E-state index contributed by atoms with van der Waals surface area (Å²) in [4.78, 5) is 13.0. The Hall–Kier alpha value is -0.610. The van der Waals surface area contributed by atoms with Crippen LogP contribution in [0.3, 0.4) is 0 Å². The van der Waals surface area contributed by atoms with Gasteiger partial charge in [0, 0.05) is 19.6 Å². The number of carboxylic acid groups (broad SMARTS) is 1. The summed E-state index contributed by atoms with van der Waals surface area (Å²) in [6, 6.07) is 0. The van der Waals surface area contributed by atoms with Gasteiger partial charge < -0.3 is 14.7 Å².